The molecular weight excluding hydrogens is 266 g/mol. The van der Waals surface area contributed by atoms with Gasteiger partial charge in [-0.1, -0.05) is 12.2 Å². The molecule has 6 heteroatoms. The Bertz CT molecular complexity index is 438. The number of allylic oxidation sites excluding steroid dienone is 2. The first kappa shape index (κ1) is 14.5. The summed E-state index contributed by atoms with van der Waals surface area (Å²) in [5.74, 6) is -0.700. The maximum absolute atomic E-state index is 11.9. The van der Waals surface area contributed by atoms with Crippen molar-refractivity contribution in [1.29, 1.82) is 0 Å². The molecule has 0 aromatic rings. The van der Waals surface area contributed by atoms with Crippen molar-refractivity contribution in [3.05, 3.63) is 12.2 Å². The molecule has 19 heavy (non-hydrogen) atoms. The van der Waals surface area contributed by atoms with E-state index in [0.717, 1.165) is 32.1 Å². The van der Waals surface area contributed by atoms with E-state index in [1.54, 1.807) is 0 Å². The summed E-state index contributed by atoms with van der Waals surface area (Å²) < 4.78 is 31.4. The van der Waals surface area contributed by atoms with Crippen LogP contribution in [0.3, 0.4) is 0 Å². The summed E-state index contributed by atoms with van der Waals surface area (Å²) in [7, 11) is -3.58. The molecule has 0 radical (unpaired) electrons. The third kappa shape index (κ3) is 4.62. The SMILES string of the molecule is O=C(NS(=O)(=O)C[C@@H]1CCCCO1)[C@@H]1CC=CCC1. The monoisotopic (exact) mass is 287 g/mol. The first-order valence-electron chi connectivity index (χ1n) is 6.88. The number of nitrogens with one attached hydrogen (secondary N) is 1. The van der Waals surface area contributed by atoms with Crippen molar-refractivity contribution in [2.45, 2.75) is 44.6 Å². The second-order valence-corrected chi connectivity index (χ2v) is 6.98. The van der Waals surface area contributed by atoms with Crippen LogP contribution in [0.5, 0.6) is 0 Å². The highest BCUT2D eigenvalue weighted by atomic mass is 32.2. The third-order valence-electron chi connectivity index (χ3n) is 3.58. The fourth-order valence-electron chi connectivity index (χ4n) is 2.49. The molecule has 1 saturated heterocycles. The van der Waals surface area contributed by atoms with Crippen LogP contribution in [0.4, 0.5) is 0 Å². The Morgan fingerprint density at radius 2 is 2.11 bits per heavy atom. The summed E-state index contributed by atoms with van der Waals surface area (Å²) in [5, 5.41) is 0. The molecular formula is C13H21NO4S. The molecule has 1 aliphatic carbocycles. The highest BCUT2D eigenvalue weighted by molar-refractivity contribution is 7.90. The second kappa shape index (κ2) is 6.52. The van der Waals surface area contributed by atoms with Gasteiger partial charge in [-0.25, -0.2) is 8.42 Å². The van der Waals surface area contributed by atoms with E-state index in [1.165, 1.54) is 0 Å². The fraction of sp³-hybridized carbons (Fsp3) is 0.769. The number of carbonyl (C=O) groups is 1. The predicted octanol–water partition coefficient (Wildman–Crippen LogP) is 1.36. The van der Waals surface area contributed by atoms with Gasteiger partial charge >= 0.3 is 0 Å². The van der Waals surface area contributed by atoms with Crippen molar-refractivity contribution in [3.63, 3.8) is 0 Å². The molecule has 2 rings (SSSR count). The minimum Gasteiger partial charge on any atom is -0.377 e. The number of hydrogen-bond donors (Lipinski definition) is 1. The van der Waals surface area contributed by atoms with Crippen molar-refractivity contribution in [1.82, 2.24) is 4.72 Å². The molecule has 0 spiro atoms. The van der Waals surface area contributed by atoms with Gasteiger partial charge < -0.3 is 4.74 Å². The average molecular weight is 287 g/mol. The maximum Gasteiger partial charge on any atom is 0.237 e. The van der Waals surface area contributed by atoms with E-state index >= 15 is 0 Å². The van der Waals surface area contributed by atoms with E-state index in [4.69, 9.17) is 4.74 Å². The van der Waals surface area contributed by atoms with Crippen LogP contribution in [0, 0.1) is 5.92 Å². The van der Waals surface area contributed by atoms with E-state index in [0.29, 0.717) is 13.0 Å². The third-order valence-corrected chi connectivity index (χ3v) is 4.90. The van der Waals surface area contributed by atoms with Crippen LogP contribution in [0.15, 0.2) is 12.2 Å². The van der Waals surface area contributed by atoms with Crippen LogP contribution in [-0.4, -0.2) is 32.8 Å². The summed E-state index contributed by atoms with van der Waals surface area (Å²) >= 11 is 0. The van der Waals surface area contributed by atoms with Crippen molar-refractivity contribution < 1.29 is 17.9 Å². The van der Waals surface area contributed by atoms with Gasteiger partial charge in [0.15, 0.2) is 0 Å². The molecule has 0 unspecified atom stereocenters. The highest BCUT2D eigenvalue weighted by Crippen LogP contribution is 2.19. The first-order chi connectivity index (χ1) is 9.07. The normalized spacial score (nSPS) is 28.0. The van der Waals surface area contributed by atoms with Gasteiger partial charge in [-0.15, -0.1) is 0 Å². The summed E-state index contributed by atoms with van der Waals surface area (Å²) in [6.45, 7) is 0.613. The lowest BCUT2D eigenvalue weighted by Crippen LogP contribution is -2.41. The zero-order chi connectivity index (χ0) is 13.7. The Labute approximate surface area is 114 Å². The summed E-state index contributed by atoms with van der Waals surface area (Å²) in [5.41, 5.74) is 0. The maximum atomic E-state index is 11.9. The van der Waals surface area contributed by atoms with E-state index in [2.05, 4.69) is 4.72 Å². The summed E-state index contributed by atoms with van der Waals surface area (Å²) in [6.07, 6.45) is 8.59. The van der Waals surface area contributed by atoms with Gasteiger partial charge in [0, 0.05) is 12.5 Å². The summed E-state index contributed by atoms with van der Waals surface area (Å²) in [4.78, 5) is 11.9. The minimum absolute atomic E-state index is 0.110. The fourth-order valence-corrected chi connectivity index (χ4v) is 3.80. The molecule has 0 saturated carbocycles. The van der Waals surface area contributed by atoms with Crippen LogP contribution in [0.1, 0.15) is 38.5 Å². The Morgan fingerprint density at radius 1 is 1.26 bits per heavy atom. The van der Waals surface area contributed by atoms with Gasteiger partial charge in [0.05, 0.1) is 11.9 Å². The lowest BCUT2D eigenvalue weighted by Gasteiger charge is -2.23. The van der Waals surface area contributed by atoms with Gasteiger partial charge in [-0.2, -0.15) is 0 Å². The zero-order valence-corrected chi connectivity index (χ0v) is 11.8. The van der Waals surface area contributed by atoms with Gasteiger partial charge in [0.1, 0.15) is 0 Å². The minimum atomic E-state index is -3.58. The van der Waals surface area contributed by atoms with Crippen molar-refractivity contribution >= 4 is 15.9 Å². The molecule has 0 aromatic carbocycles. The van der Waals surface area contributed by atoms with E-state index in [-0.39, 0.29) is 23.7 Å². The Morgan fingerprint density at radius 3 is 2.74 bits per heavy atom. The van der Waals surface area contributed by atoms with Crippen LogP contribution < -0.4 is 4.72 Å². The molecule has 1 amide bonds. The largest absolute Gasteiger partial charge is 0.377 e. The van der Waals surface area contributed by atoms with Gasteiger partial charge in [0.2, 0.25) is 15.9 Å². The van der Waals surface area contributed by atoms with Gasteiger partial charge in [0.25, 0.3) is 0 Å². The molecule has 2 atom stereocenters. The molecule has 5 nitrogen and oxygen atoms in total. The predicted molar refractivity (Wildman–Crippen MR) is 72.0 cm³/mol. The molecule has 1 N–H and O–H groups in total. The van der Waals surface area contributed by atoms with Crippen molar-refractivity contribution in [2.24, 2.45) is 5.92 Å². The van der Waals surface area contributed by atoms with Crippen molar-refractivity contribution in [2.75, 3.05) is 12.4 Å². The Hall–Kier alpha value is -0.880. The van der Waals surface area contributed by atoms with Crippen LogP contribution in [0.25, 0.3) is 0 Å². The molecule has 0 bridgehead atoms. The average Bonchev–Trinajstić information content (AvgIpc) is 2.39. The van der Waals surface area contributed by atoms with Crippen LogP contribution in [0.2, 0.25) is 0 Å². The molecule has 1 heterocycles. The number of hydrogen-bond acceptors (Lipinski definition) is 4. The van der Waals surface area contributed by atoms with Gasteiger partial charge in [-0.05, 0) is 38.5 Å². The van der Waals surface area contributed by atoms with Crippen LogP contribution in [-0.2, 0) is 19.6 Å². The molecule has 108 valence electrons. The lowest BCUT2D eigenvalue weighted by molar-refractivity contribution is -0.123. The number of rotatable bonds is 4. The number of sulfonamides is 1. The van der Waals surface area contributed by atoms with E-state index in [9.17, 15) is 13.2 Å². The topological polar surface area (TPSA) is 72.5 Å². The molecule has 0 aromatic heterocycles. The Balaban J connectivity index is 1.85. The second-order valence-electron chi connectivity index (χ2n) is 5.22. The molecule has 2 aliphatic rings. The van der Waals surface area contributed by atoms with Crippen molar-refractivity contribution in [3.8, 4) is 0 Å². The lowest BCUT2D eigenvalue weighted by atomic mass is 9.94. The summed E-state index contributed by atoms with van der Waals surface area (Å²) in [6, 6.07) is 0. The standard InChI is InChI=1S/C13H21NO4S/c15-13(11-6-2-1-3-7-11)14-19(16,17)10-12-8-4-5-9-18-12/h1-2,11-12H,3-10H2,(H,14,15)/t11-,12+/m1/s1. The van der Waals surface area contributed by atoms with E-state index < -0.39 is 10.0 Å². The Kier molecular flexibility index (Phi) is 4.99. The molecule has 1 aliphatic heterocycles. The van der Waals surface area contributed by atoms with Crippen LogP contribution >= 0.6 is 0 Å². The van der Waals surface area contributed by atoms with E-state index in [1.807, 2.05) is 12.2 Å². The zero-order valence-electron chi connectivity index (χ0n) is 11.0. The smallest absolute Gasteiger partial charge is 0.237 e. The van der Waals surface area contributed by atoms with Gasteiger partial charge in [-0.3, -0.25) is 9.52 Å². The highest BCUT2D eigenvalue weighted by Gasteiger charge is 2.27. The number of carbonyl (C=O) groups excluding carboxylic acids is 1. The first-order valence-corrected chi connectivity index (χ1v) is 8.53. The number of amides is 1. The number of ether oxygens (including phenoxy) is 1. The quantitative estimate of drug-likeness (QED) is 0.792. The molecule has 1 fully saturated rings.